The molecule has 7 heteroatoms. The molecule has 0 unspecified atom stereocenters. The first-order valence-corrected chi connectivity index (χ1v) is 6.83. The van der Waals surface area contributed by atoms with Gasteiger partial charge in [-0.3, -0.25) is 4.79 Å². The minimum absolute atomic E-state index is 0.221. The quantitative estimate of drug-likeness (QED) is 0.617. The monoisotopic (exact) mass is 281 g/mol. The number of hydrogen-bond acceptors (Lipinski definition) is 6. The standard InChI is InChI=1S/C12H15N3O3S/c1-4-15-11(9-5-6-18-8(9)2)13-14-12(15)19-7-10(16)17-3/h5-6H,4,7H2,1-3H3. The Bertz CT molecular complexity index is 577. The summed E-state index contributed by atoms with van der Waals surface area (Å²) in [7, 11) is 1.37. The van der Waals surface area contributed by atoms with Crippen LogP contribution in [0.15, 0.2) is 21.9 Å². The molecule has 0 aliphatic carbocycles. The van der Waals surface area contributed by atoms with Crippen molar-refractivity contribution in [3.8, 4) is 11.4 Å². The normalized spacial score (nSPS) is 10.7. The lowest BCUT2D eigenvalue weighted by atomic mass is 10.2. The number of carbonyl (C=O) groups is 1. The Hall–Kier alpha value is -1.76. The van der Waals surface area contributed by atoms with Gasteiger partial charge in [0.15, 0.2) is 11.0 Å². The van der Waals surface area contributed by atoms with E-state index in [1.165, 1.54) is 18.9 Å². The van der Waals surface area contributed by atoms with Crippen LogP contribution in [0.25, 0.3) is 11.4 Å². The van der Waals surface area contributed by atoms with Crippen molar-refractivity contribution in [2.45, 2.75) is 25.5 Å². The Balaban J connectivity index is 2.26. The number of nitrogens with zero attached hydrogens (tertiary/aromatic N) is 3. The summed E-state index contributed by atoms with van der Waals surface area (Å²) in [5, 5.41) is 8.99. The molecule has 0 bridgehead atoms. The fraction of sp³-hybridized carbons (Fsp3) is 0.417. The Morgan fingerprint density at radius 1 is 1.53 bits per heavy atom. The van der Waals surface area contributed by atoms with Gasteiger partial charge in [0.05, 0.1) is 24.7 Å². The molecule has 0 saturated heterocycles. The van der Waals surface area contributed by atoms with Gasteiger partial charge in [-0.25, -0.2) is 0 Å². The highest BCUT2D eigenvalue weighted by atomic mass is 32.2. The molecule has 19 heavy (non-hydrogen) atoms. The molecule has 0 aliphatic heterocycles. The maximum atomic E-state index is 11.2. The minimum atomic E-state index is -0.281. The average molecular weight is 281 g/mol. The fourth-order valence-electron chi connectivity index (χ4n) is 1.68. The molecule has 2 rings (SSSR count). The Kier molecular flexibility index (Phi) is 4.26. The van der Waals surface area contributed by atoms with Crippen LogP contribution in [-0.4, -0.2) is 33.6 Å². The van der Waals surface area contributed by atoms with E-state index >= 15 is 0 Å². The third kappa shape index (κ3) is 2.81. The number of esters is 1. The maximum Gasteiger partial charge on any atom is 0.316 e. The summed E-state index contributed by atoms with van der Waals surface area (Å²) in [6, 6.07) is 1.86. The van der Waals surface area contributed by atoms with Crippen LogP contribution in [-0.2, 0) is 16.1 Å². The van der Waals surface area contributed by atoms with Gasteiger partial charge in [-0.1, -0.05) is 11.8 Å². The molecular formula is C12H15N3O3S. The molecule has 6 nitrogen and oxygen atoms in total. The van der Waals surface area contributed by atoms with Gasteiger partial charge in [0, 0.05) is 6.54 Å². The highest BCUT2D eigenvalue weighted by Crippen LogP contribution is 2.26. The number of ether oxygens (including phenoxy) is 1. The zero-order chi connectivity index (χ0) is 13.8. The number of carbonyl (C=O) groups excluding carboxylic acids is 1. The highest BCUT2D eigenvalue weighted by Gasteiger charge is 2.17. The third-order valence-corrected chi connectivity index (χ3v) is 3.62. The lowest BCUT2D eigenvalue weighted by Gasteiger charge is -2.06. The number of aromatic nitrogens is 3. The first-order chi connectivity index (χ1) is 9.17. The molecule has 0 fully saturated rings. The Morgan fingerprint density at radius 3 is 2.89 bits per heavy atom. The van der Waals surface area contributed by atoms with Crippen molar-refractivity contribution in [1.29, 1.82) is 0 Å². The van der Waals surface area contributed by atoms with Crippen LogP contribution in [0.2, 0.25) is 0 Å². The van der Waals surface area contributed by atoms with Crippen molar-refractivity contribution < 1.29 is 13.9 Å². The van der Waals surface area contributed by atoms with E-state index in [-0.39, 0.29) is 11.7 Å². The maximum absolute atomic E-state index is 11.2. The number of thioether (sulfide) groups is 1. The van der Waals surface area contributed by atoms with Crippen LogP contribution in [0.3, 0.4) is 0 Å². The molecule has 102 valence electrons. The van der Waals surface area contributed by atoms with E-state index in [1.807, 2.05) is 24.5 Å². The number of methoxy groups -OCH3 is 1. The smallest absolute Gasteiger partial charge is 0.316 e. The Labute approximate surface area is 115 Å². The van der Waals surface area contributed by atoms with E-state index in [2.05, 4.69) is 14.9 Å². The zero-order valence-electron chi connectivity index (χ0n) is 11.0. The third-order valence-electron chi connectivity index (χ3n) is 2.68. The molecule has 0 aromatic carbocycles. The number of hydrogen-bond donors (Lipinski definition) is 0. The predicted molar refractivity (Wildman–Crippen MR) is 70.9 cm³/mol. The SMILES string of the molecule is CCn1c(SCC(=O)OC)nnc1-c1ccoc1C. The lowest BCUT2D eigenvalue weighted by molar-refractivity contribution is -0.137. The largest absolute Gasteiger partial charge is 0.469 e. The van der Waals surface area contributed by atoms with Crippen molar-refractivity contribution in [3.05, 3.63) is 18.1 Å². The molecule has 0 amide bonds. The van der Waals surface area contributed by atoms with E-state index in [9.17, 15) is 4.79 Å². The summed E-state index contributed by atoms with van der Waals surface area (Å²) in [6.45, 7) is 4.60. The van der Waals surface area contributed by atoms with E-state index in [0.717, 1.165) is 23.7 Å². The fourth-order valence-corrected chi connectivity index (χ4v) is 2.51. The predicted octanol–water partition coefficient (Wildman–Crippen LogP) is 2.13. The van der Waals surface area contributed by atoms with Gasteiger partial charge in [0.1, 0.15) is 5.76 Å². The van der Waals surface area contributed by atoms with Gasteiger partial charge in [-0.15, -0.1) is 10.2 Å². The van der Waals surface area contributed by atoms with Crippen LogP contribution in [0, 0.1) is 6.92 Å². The topological polar surface area (TPSA) is 70.2 Å². The second kappa shape index (κ2) is 5.92. The molecule has 2 aromatic heterocycles. The van der Waals surface area contributed by atoms with Gasteiger partial charge >= 0.3 is 5.97 Å². The van der Waals surface area contributed by atoms with Gasteiger partial charge in [0.25, 0.3) is 0 Å². The van der Waals surface area contributed by atoms with Crippen molar-refractivity contribution in [2.24, 2.45) is 0 Å². The summed E-state index contributed by atoms with van der Waals surface area (Å²) in [5.41, 5.74) is 0.916. The minimum Gasteiger partial charge on any atom is -0.469 e. The molecule has 0 aliphatic rings. The van der Waals surface area contributed by atoms with E-state index in [1.54, 1.807) is 6.26 Å². The van der Waals surface area contributed by atoms with Crippen LogP contribution in [0.1, 0.15) is 12.7 Å². The molecule has 2 aromatic rings. The van der Waals surface area contributed by atoms with Crippen molar-refractivity contribution >= 4 is 17.7 Å². The van der Waals surface area contributed by atoms with Crippen molar-refractivity contribution in [1.82, 2.24) is 14.8 Å². The highest BCUT2D eigenvalue weighted by molar-refractivity contribution is 7.99. The number of aryl methyl sites for hydroxylation is 1. The molecule has 0 radical (unpaired) electrons. The Morgan fingerprint density at radius 2 is 2.32 bits per heavy atom. The van der Waals surface area contributed by atoms with Crippen LogP contribution >= 0.6 is 11.8 Å². The van der Waals surface area contributed by atoms with Gasteiger partial charge < -0.3 is 13.7 Å². The molecular weight excluding hydrogens is 266 g/mol. The summed E-state index contributed by atoms with van der Waals surface area (Å²) in [4.78, 5) is 11.2. The molecule has 0 spiro atoms. The van der Waals surface area contributed by atoms with Gasteiger partial charge in [0.2, 0.25) is 0 Å². The second-order valence-corrected chi connectivity index (χ2v) is 4.75. The van der Waals surface area contributed by atoms with E-state index in [0.29, 0.717) is 5.16 Å². The summed E-state index contributed by atoms with van der Waals surface area (Å²) < 4.78 is 11.8. The van der Waals surface area contributed by atoms with Crippen molar-refractivity contribution in [3.63, 3.8) is 0 Å². The molecule has 0 atom stereocenters. The first-order valence-electron chi connectivity index (χ1n) is 5.84. The number of rotatable bonds is 5. The first kappa shape index (κ1) is 13.7. The second-order valence-electron chi connectivity index (χ2n) is 3.81. The van der Waals surface area contributed by atoms with Crippen LogP contribution in [0.5, 0.6) is 0 Å². The molecule has 2 heterocycles. The van der Waals surface area contributed by atoms with E-state index < -0.39 is 0 Å². The summed E-state index contributed by atoms with van der Waals surface area (Å²) >= 11 is 1.31. The van der Waals surface area contributed by atoms with Crippen LogP contribution < -0.4 is 0 Å². The summed E-state index contributed by atoms with van der Waals surface area (Å²) in [6.07, 6.45) is 1.63. The zero-order valence-corrected chi connectivity index (χ0v) is 11.9. The molecule has 0 N–H and O–H groups in total. The summed E-state index contributed by atoms with van der Waals surface area (Å²) in [5.74, 6) is 1.49. The molecule has 0 saturated carbocycles. The van der Waals surface area contributed by atoms with Crippen LogP contribution in [0.4, 0.5) is 0 Å². The average Bonchev–Trinajstić information content (AvgIpc) is 3.00. The van der Waals surface area contributed by atoms with Crippen molar-refractivity contribution in [2.75, 3.05) is 12.9 Å². The van der Waals surface area contributed by atoms with E-state index in [4.69, 9.17) is 4.42 Å². The van der Waals surface area contributed by atoms with Gasteiger partial charge in [-0.05, 0) is 19.9 Å². The number of furan rings is 1. The van der Waals surface area contributed by atoms with Gasteiger partial charge in [-0.2, -0.15) is 0 Å². The lowest BCUT2D eigenvalue weighted by Crippen LogP contribution is -2.05.